The van der Waals surface area contributed by atoms with Crippen molar-refractivity contribution < 1.29 is 9.47 Å². The summed E-state index contributed by atoms with van der Waals surface area (Å²) in [5.74, 6) is 2.03. The predicted molar refractivity (Wildman–Crippen MR) is 114 cm³/mol. The summed E-state index contributed by atoms with van der Waals surface area (Å²) in [5, 5.41) is 7.95. The van der Waals surface area contributed by atoms with Crippen LogP contribution < -0.4 is 14.9 Å². The molecule has 3 rings (SSSR count). The van der Waals surface area contributed by atoms with Gasteiger partial charge in [-0.3, -0.25) is 5.10 Å². The minimum absolute atomic E-state index is 0.250. The van der Waals surface area contributed by atoms with Crippen molar-refractivity contribution in [1.29, 1.82) is 0 Å². The van der Waals surface area contributed by atoms with Crippen molar-refractivity contribution in [3.05, 3.63) is 68.2 Å². The van der Waals surface area contributed by atoms with Crippen LogP contribution in [0.3, 0.4) is 0 Å². The number of hydrogen-bond donors (Lipinski definition) is 2. The highest BCUT2D eigenvalue weighted by Crippen LogP contribution is 2.31. The molecule has 0 atom stereocenters. The van der Waals surface area contributed by atoms with Crippen molar-refractivity contribution in [2.24, 2.45) is 0 Å². The first-order valence-electron chi connectivity index (χ1n) is 8.69. The molecule has 0 aliphatic rings. The van der Waals surface area contributed by atoms with Crippen LogP contribution in [-0.2, 0) is 13.2 Å². The molecule has 3 aromatic rings. The third-order valence-corrected chi connectivity index (χ3v) is 5.01. The van der Waals surface area contributed by atoms with Crippen LogP contribution in [0.1, 0.15) is 23.9 Å². The van der Waals surface area contributed by atoms with Crippen molar-refractivity contribution in [3.63, 3.8) is 0 Å². The number of hydrogen-bond acceptors (Lipinski definition) is 5. The summed E-state index contributed by atoms with van der Waals surface area (Å²) in [7, 11) is 0. The van der Waals surface area contributed by atoms with Crippen LogP contribution >= 0.6 is 35.4 Å². The summed E-state index contributed by atoms with van der Waals surface area (Å²) in [6, 6.07) is 11.1. The molecule has 0 amide bonds. The summed E-state index contributed by atoms with van der Waals surface area (Å²) < 4.78 is 13.9. The molecular formula is C19H20Cl2N4O2S. The maximum Gasteiger partial charge on any atom is 0.214 e. The molecule has 9 heteroatoms. The number of nitrogens with zero attached hydrogens (tertiary/aromatic N) is 2. The zero-order chi connectivity index (χ0) is 20.1. The van der Waals surface area contributed by atoms with Gasteiger partial charge in [0.1, 0.15) is 12.4 Å². The lowest BCUT2D eigenvalue weighted by Crippen LogP contribution is -2.16. The van der Waals surface area contributed by atoms with E-state index in [-0.39, 0.29) is 6.61 Å². The third-order valence-electron chi connectivity index (χ3n) is 4.02. The van der Waals surface area contributed by atoms with Gasteiger partial charge in [-0.1, -0.05) is 35.3 Å². The molecule has 1 aromatic heterocycles. The summed E-state index contributed by atoms with van der Waals surface area (Å²) in [4.78, 5) is 0. The Morgan fingerprint density at radius 2 is 1.89 bits per heavy atom. The van der Waals surface area contributed by atoms with Crippen molar-refractivity contribution in [2.45, 2.75) is 27.0 Å². The first-order chi connectivity index (χ1) is 13.5. The normalized spacial score (nSPS) is 10.7. The molecule has 28 heavy (non-hydrogen) atoms. The van der Waals surface area contributed by atoms with Crippen molar-refractivity contribution >= 4 is 35.4 Å². The van der Waals surface area contributed by atoms with E-state index < -0.39 is 0 Å². The van der Waals surface area contributed by atoms with Gasteiger partial charge >= 0.3 is 0 Å². The average molecular weight is 439 g/mol. The number of rotatable bonds is 8. The molecule has 0 aliphatic carbocycles. The Balaban J connectivity index is 1.74. The smallest absolute Gasteiger partial charge is 0.214 e. The molecule has 0 radical (unpaired) electrons. The van der Waals surface area contributed by atoms with Crippen molar-refractivity contribution in [3.8, 4) is 11.5 Å². The van der Waals surface area contributed by atoms with Crippen LogP contribution in [0.4, 0.5) is 0 Å². The van der Waals surface area contributed by atoms with Gasteiger partial charge in [0, 0.05) is 15.6 Å². The highest BCUT2D eigenvalue weighted by Gasteiger charge is 2.11. The third kappa shape index (κ3) is 4.79. The van der Waals surface area contributed by atoms with Gasteiger partial charge in [0.25, 0.3) is 0 Å². The predicted octanol–water partition coefficient (Wildman–Crippen LogP) is 5.28. The second-order valence-electron chi connectivity index (χ2n) is 5.95. The summed E-state index contributed by atoms with van der Waals surface area (Å²) in [5.41, 5.74) is 4.97. The topological polar surface area (TPSA) is 64.1 Å². The Bertz CT molecular complexity index is 999. The molecule has 2 N–H and O–H groups in total. The number of ether oxygens (including phenoxy) is 2. The number of H-pyrrole nitrogens is 1. The Morgan fingerprint density at radius 3 is 2.54 bits per heavy atom. The van der Waals surface area contributed by atoms with E-state index >= 15 is 0 Å². The van der Waals surface area contributed by atoms with Gasteiger partial charge in [-0.05, 0) is 55.9 Å². The first-order valence-corrected chi connectivity index (χ1v) is 9.85. The van der Waals surface area contributed by atoms with E-state index in [4.69, 9.17) is 44.9 Å². The van der Waals surface area contributed by atoms with E-state index in [9.17, 15) is 0 Å². The molecule has 0 unspecified atom stereocenters. The van der Waals surface area contributed by atoms with Gasteiger partial charge in [-0.15, -0.1) is 0 Å². The molecule has 0 aliphatic heterocycles. The molecule has 0 saturated heterocycles. The summed E-state index contributed by atoms with van der Waals surface area (Å²) in [6.07, 6.45) is 0. The SMILES string of the molecule is CCOc1cc(CNn2c(C)n[nH]c2=S)ccc1OCc1c(Cl)cccc1Cl. The fourth-order valence-corrected chi connectivity index (χ4v) is 3.35. The monoisotopic (exact) mass is 438 g/mol. The molecule has 148 valence electrons. The Kier molecular flexibility index (Phi) is 6.83. The Morgan fingerprint density at radius 1 is 1.14 bits per heavy atom. The zero-order valence-electron chi connectivity index (χ0n) is 15.5. The summed E-state index contributed by atoms with van der Waals surface area (Å²) in [6.45, 7) is 5.10. The lowest BCUT2D eigenvalue weighted by atomic mass is 10.2. The largest absolute Gasteiger partial charge is 0.490 e. The summed E-state index contributed by atoms with van der Waals surface area (Å²) >= 11 is 17.6. The second kappa shape index (κ2) is 9.32. The molecule has 0 saturated carbocycles. The maximum atomic E-state index is 6.22. The van der Waals surface area contributed by atoms with Crippen LogP contribution in [0.5, 0.6) is 11.5 Å². The van der Waals surface area contributed by atoms with Gasteiger partial charge in [-0.2, -0.15) is 5.10 Å². The zero-order valence-corrected chi connectivity index (χ0v) is 17.8. The van der Waals surface area contributed by atoms with E-state index in [0.717, 1.165) is 17.0 Å². The van der Waals surface area contributed by atoms with Crippen LogP contribution in [0.25, 0.3) is 0 Å². The number of aromatic nitrogens is 3. The standard InChI is InChI=1S/C19H20Cl2N4O2S/c1-3-26-18-9-13(10-22-25-12(2)23-24-19(25)28)7-8-17(18)27-11-14-15(20)5-4-6-16(14)21/h4-9,22H,3,10-11H2,1-2H3,(H,24,28). The molecule has 1 heterocycles. The van der Waals surface area contributed by atoms with Gasteiger partial charge in [0.15, 0.2) is 11.5 Å². The first kappa shape index (κ1) is 20.5. The number of aromatic amines is 1. The van der Waals surface area contributed by atoms with E-state index in [1.807, 2.05) is 32.0 Å². The van der Waals surface area contributed by atoms with Crippen molar-refractivity contribution in [2.75, 3.05) is 12.0 Å². The van der Waals surface area contributed by atoms with E-state index in [1.165, 1.54) is 0 Å². The molecule has 2 aromatic carbocycles. The molecule has 0 fully saturated rings. The van der Waals surface area contributed by atoms with Crippen LogP contribution in [0.15, 0.2) is 36.4 Å². The number of halogens is 2. The number of aryl methyl sites for hydroxylation is 1. The van der Waals surface area contributed by atoms with E-state index in [0.29, 0.717) is 39.5 Å². The number of benzene rings is 2. The highest BCUT2D eigenvalue weighted by atomic mass is 35.5. The van der Waals surface area contributed by atoms with Gasteiger partial charge in [0.2, 0.25) is 4.77 Å². The molecular weight excluding hydrogens is 419 g/mol. The number of nitrogens with one attached hydrogen (secondary N) is 2. The Hall–Kier alpha value is -2.22. The average Bonchev–Trinajstić information content (AvgIpc) is 2.99. The maximum absolute atomic E-state index is 6.22. The fourth-order valence-electron chi connectivity index (χ4n) is 2.60. The molecule has 0 spiro atoms. The minimum atomic E-state index is 0.250. The van der Waals surface area contributed by atoms with Crippen LogP contribution in [0, 0.1) is 11.7 Å². The van der Waals surface area contributed by atoms with Gasteiger partial charge in [-0.25, -0.2) is 4.68 Å². The van der Waals surface area contributed by atoms with E-state index in [1.54, 1.807) is 22.9 Å². The fraction of sp³-hybridized carbons (Fsp3) is 0.263. The van der Waals surface area contributed by atoms with E-state index in [2.05, 4.69) is 15.6 Å². The molecule has 6 nitrogen and oxygen atoms in total. The van der Waals surface area contributed by atoms with Gasteiger partial charge < -0.3 is 14.9 Å². The quantitative estimate of drug-likeness (QED) is 0.468. The van der Waals surface area contributed by atoms with Crippen LogP contribution in [-0.4, -0.2) is 21.5 Å². The lowest BCUT2D eigenvalue weighted by molar-refractivity contribution is 0.269. The van der Waals surface area contributed by atoms with Crippen molar-refractivity contribution in [1.82, 2.24) is 14.9 Å². The lowest BCUT2D eigenvalue weighted by Gasteiger charge is -2.15. The second-order valence-corrected chi connectivity index (χ2v) is 7.15. The van der Waals surface area contributed by atoms with Crippen LogP contribution in [0.2, 0.25) is 10.0 Å². The Labute approximate surface area is 178 Å². The minimum Gasteiger partial charge on any atom is -0.490 e. The van der Waals surface area contributed by atoms with Gasteiger partial charge in [0.05, 0.1) is 13.2 Å². The molecule has 0 bridgehead atoms. The highest BCUT2D eigenvalue weighted by molar-refractivity contribution is 7.71.